The highest BCUT2D eigenvalue weighted by Gasteiger charge is 2.32. The number of halogens is 3. The number of nitrogens with one attached hydrogen (secondary N) is 2. The third-order valence-corrected chi connectivity index (χ3v) is 5.61. The number of benzene rings is 1. The number of carbonyl (C=O) groups excluding carboxylic acids is 3. The second-order valence-electron chi connectivity index (χ2n) is 8.05. The van der Waals surface area contributed by atoms with Gasteiger partial charge in [0.25, 0.3) is 0 Å². The summed E-state index contributed by atoms with van der Waals surface area (Å²) in [5.41, 5.74) is 1.09. The maximum atomic E-state index is 12.4. The number of carbonyl (C=O) groups is 3. The molecule has 0 atom stereocenters. The summed E-state index contributed by atoms with van der Waals surface area (Å²) in [6, 6.07) is 6.79. The molecule has 2 heterocycles. The average molecular weight is 440 g/mol. The lowest BCUT2D eigenvalue weighted by atomic mass is 9.97. The van der Waals surface area contributed by atoms with Crippen LogP contribution >= 0.6 is 0 Å². The van der Waals surface area contributed by atoms with Crippen molar-refractivity contribution in [2.45, 2.75) is 38.3 Å². The zero-order valence-electron chi connectivity index (χ0n) is 17.2. The van der Waals surface area contributed by atoms with E-state index in [9.17, 15) is 27.6 Å². The summed E-state index contributed by atoms with van der Waals surface area (Å²) in [4.78, 5) is 39.4. The molecule has 10 heteroatoms. The van der Waals surface area contributed by atoms with E-state index in [0.717, 1.165) is 12.8 Å². The molecule has 3 amide bonds. The van der Waals surface area contributed by atoms with Crippen molar-refractivity contribution in [1.82, 2.24) is 10.2 Å². The molecule has 0 spiro atoms. The van der Waals surface area contributed by atoms with E-state index < -0.39 is 24.5 Å². The molecule has 7 nitrogen and oxygen atoms in total. The van der Waals surface area contributed by atoms with Crippen molar-refractivity contribution in [2.75, 3.05) is 42.9 Å². The van der Waals surface area contributed by atoms with E-state index in [4.69, 9.17) is 0 Å². The Balaban J connectivity index is 1.44. The minimum atomic E-state index is -4.21. The molecule has 31 heavy (non-hydrogen) atoms. The second-order valence-corrected chi connectivity index (χ2v) is 8.05. The highest BCUT2D eigenvalue weighted by molar-refractivity contribution is 6.39. The fraction of sp³-hybridized carbons (Fsp3) is 0.571. The molecular weight excluding hydrogens is 413 g/mol. The number of likely N-dealkylation sites (tertiary alicyclic amines) is 1. The van der Waals surface area contributed by atoms with E-state index in [1.54, 1.807) is 29.2 Å². The summed E-state index contributed by atoms with van der Waals surface area (Å²) >= 11 is 0. The third kappa shape index (κ3) is 6.95. The van der Waals surface area contributed by atoms with Crippen molar-refractivity contribution in [3.8, 4) is 0 Å². The van der Waals surface area contributed by atoms with Gasteiger partial charge in [0.15, 0.2) is 0 Å². The monoisotopic (exact) mass is 440 g/mol. The van der Waals surface area contributed by atoms with Gasteiger partial charge in [0.05, 0.1) is 6.54 Å². The molecule has 170 valence electrons. The topological polar surface area (TPSA) is 81.8 Å². The first kappa shape index (κ1) is 23.1. The fourth-order valence-corrected chi connectivity index (χ4v) is 3.94. The van der Waals surface area contributed by atoms with Crippen molar-refractivity contribution in [1.29, 1.82) is 0 Å². The van der Waals surface area contributed by atoms with Crippen LogP contribution < -0.4 is 15.5 Å². The van der Waals surface area contributed by atoms with Crippen molar-refractivity contribution in [3.05, 3.63) is 24.3 Å². The molecule has 2 aliphatic heterocycles. The minimum Gasteiger partial charge on any atom is -0.348 e. The van der Waals surface area contributed by atoms with E-state index in [0.29, 0.717) is 50.3 Å². The molecule has 1 aromatic rings. The lowest BCUT2D eigenvalue weighted by Crippen LogP contribution is -2.44. The van der Waals surface area contributed by atoms with Crippen LogP contribution in [0.1, 0.15) is 32.1 Å². The largest absolute Gasteiger partial charge is 0.401 e. The zero-order chi connectivity index (χ0) is 22.4. The lowest BCUT2D eigenvalue weighted by Gasteiger charge is -2.32. The number of nitrogens with zero attached hydrogens (tertiary/aromatic N) is 2. The Bertz CT molecular complexity index is 807. The summed E-state index contributed by atoms with van der Waals surface area (Å²) in [6.45, 7) is 0.575. The maximum Gasteiger partial charge on any atom is 0.401 e. The number of rotatable bonds is 5. The molecule has 2 fully saturated rings. The first-order valence-corrected chi connectivity index (χ1v) is 10.5. The van der Waals surface area contributed by atoms with Gasteiger partial charge in [-0.1, -0.05) is 6.07 Å². The predicted molar refractivity (Wildman–Crippen MR) is 110 cm³/mol. The van der Waals surface area contributed by atoms with Crippen molar-refractivity contribution >= 4 is 29.1 Å². The molecule has 0 unspecified atom stereocenters. The van der Waals surface area contributed by atoms with Gasteiger partial charge in [-0.15, -0.1) is 0 Å². The standard InChI is InChI=1S/C21H27F3N4O3/c22-21(23,24)14-27-10-7-15(8-11-27)13-25-19(30)20(31)26-16-4-3-5-17(12-16)28-9-2-1-6-18(28)29/h3-5,12,15H,1-2,6-11,13-14H2,(H,25,30)(H,26,31). The van der Waals surface area contributed by atoms with Gasteiger partial charge in [-0.25, -0.2) is 0 Å². The Hall–Kier alpha value is -2.62. The van der Waals surface area contributed by atoms with Gasteiger partial charge in [0, 0.05) is 30.9 Å². The first-order valence-electron chi connectivity index (χ1n) is 10.5. The highest BCUT2D eigenvalue weighted by atomic mass is 19.4. The molecular formula is C21H27F3N4O3. The molecule has 0 aliphatic carbocycles. The van der Waals surface area contributed by atoms with E-state index >= 15 is 0 Å². The Morgan fingerprint density at radius 2 is 1.81 bits per heavy atom. The fourth-order valence-electron chi connectivity index (χ4n) is 3.94. The van der Waals surface area contributed by atoms with Crippen LogP contribution in [0.4, 0.5) is 24.5 Å². The van der Waals surface area contributed by atoms with Crippen molar-refractivity contribution in [3.63, 3.8) is 0 Å². The maximum absolute atomic E-state index is 12.4. The van der Waals surface area contributed by atoms with Gasteiger partial charge < -0.3 is 15.5 Å². The van der Waals surface area contributed by atoms with Gasteiger partial charge >= 0.3 is 18.0 Å². The summed E-state index contributed by atoms with van der Waals surface area (Å²) in [6.07, 6.45) is -0.868. The lowest BCUT2D eigenvalue weighted by molar-refractivity contribution is -0.148. The number of hydrogen-bond acceptors (Lipinski definition) is 4. The molecule has 0 radical (unpaired) electrons. The molecule has 2 saturated heterocycles. The van der Waals surface area contributed by atoms with Gasteiger partial charge in [0.1, 0.15) is 0 Å². The van der Waals surface area contributed by atoms with Crippen molar-refractivity contribution < 1.29 is 27.6 Å². The van der Waals surface area contributed by atoms with Crippen LogP contribution in [0.15, 0.2) is 24.3 Å². The van der Waals surface area contributed by atoms with E-state index in [1.807, 2.05) is 0 Å². The highest BCUT2D eigenvalue weighted by Crippen LogP contribution is 2.24. The summed E-state index contributed by atoms with van der Waals surface area (Å²) < 4.78 is 37.3. The average Bonchev–Trinajstić information content (AvgIpc) is 2.72. The number of hydrogen-bond donors (Lipinski definition) is 2. The van der Waals surface area contributed by atoms with Gasteiger partial charge in [-0.3, -0.25) is 19.3 Å². The molecule has 0 saturated carbocycles. The van der Waals surface area contributed by atoms with Crippen LogP contribution in [0.5, 0.6) is 0 Å². The smallest absolute Gasteiger partial charge is 0.348 e. The number of alkyl halides is 3. The number of anilines is 2. The van der Waals surface area contributed by atoms with E-state index in [-0.39, 0.29) is 18.4 Å². The molecule has 2 aliphatic rings. The van der Waals surface area contributed by atoms with Crippen LogP contribution in [-0.2, 0) is 14.4 Å². The van der Waals surface area contributed by atoms with Gasteiger partial charge in [0.2, 0.25) is 5.91 Å². The van der Waals surface area contributed by atoms with Crippen LogP contribution in [0.2, 0.25) is 0 Å². The van der Waals surface area contributed by atoms with Gasteiger partial charge in [-0.2, -0.15) is 13.2 Å². The van der Waals surface area contributed by atoms with Crippen molar-refractivity contribution in [2.24, 2.45) is 5.92 Å². The Morgan fingerprint density at radius 1 is 1.06 bits per heavy atom. The Kier molecular flexibility index (Phi) is 7.53. The summed E-state index contributed by atoms with van der Waals surface area (Å²) in [7, 11) is 0. The third-order valence-electron chi connectivity index (χ3n) is 5.61. The molecule has 0 aromatic heterocycles. The SMILES string of the molecule is O=C(NCC1CCN(CC(F)(F)F)CC1)C(=O)Nc1cccc(N2CCCCC2=O)c1. The zero-order valence-corrected chi connectivity index (χ0v) is 17.2. The molecule has 3 rings (SSSR count). The quantitative estimate of drug-likeness (QED) is 0.690. The molecule has 0 bridgehead atoms. The summed E-state index contributed by atoms with van der Waals surface area (Å²) in [5, 5.41) is 5.10. The van der Waals surface area contributed by atoms with E-state index in [1.165, 1.54) is 4.90 Å². The molecule has 2 N–H and O–H groups in total. The first-order chi connectivity index (χ1) is 14.7. The number of piperidine rings is 2. The normalized spacial score (nSPS) is 18.7. The second kappa shape index (κ2) is 10.1. The number of amides is 3. The van der Waals surface area contributed by atoms with Gasteiger partial charge in [-0.05, 0) is 62.9 Å². The Labute approximate surface area is 178 Å². The van der Waals surface area contributed by atoms with Crippen LogP contribution in [0.25, 0.3) is 0 Å². The van der Waals surface area contributed by atoms with E-state index in [2.05, 4.69) is 10.6 Å². The molecule has 1 aromatic carbocycles. The Morgan fingerprint density at radius 3 is 2.48 bits per heavy atom. The van der Waals surface area contributed by atoms with Crippen LogP contribution in [0.3, 0.4) is 0 Å². The predicted octanol–water partition coefficient (Wildman–Crippen LogP) is 2.53. The van der Waals surface area contributed by atoms with Crippen LogP contribution in [0, 0.1) is 5.92 Å². The summed E-state index contributed by atoms with van der Waals surface area (Å²) in [5.74, 6) is -1.54. The minimum absolute atomic E-state index is 0.0359. The van der Waals surface area contributed by atoms with Crippen LogP contribution in [-0.4, -0.2) is 61.5 Å².